The number of aromatic nitrogens is 1. The average Bonchev–Trinajstić information content (AvgIpc) is 2.83. The van der Waals surface area contributed by atoms with Crippen molar-refractivity contribution < 1.29 is 4.79 Å². The summed E-state index contributed by atoms with van der Waals surface area (Å²) >= 11 is 0. The summed E-state index contributed by atoms with van der Waals surface area (Å²) in [6, 6.07) is 7.67. The van der Waals surface area contributed by atoms with E-state index in [-0.39, 0.29) is 11.8 Å². The highest BCUT2D eigenvalue weighted by atomic mass is 16.1. The Morgan fingerprint density at radius 3 is 2.60 bits per heavy atom. The number of fused-ring (bicyclic) bond motifs is 1. The Morgan fingerprint density at radius 1 is 1.15 bits per heavy atom. The summed E-state index contributed by atoms with van der Waals surface area (Å²) < 4.78 is 0. The van der Waals surface area contributed by atoms with Gasteiger partial charge in [-0.3, -0.25) is 4.79 Å². The number of H-pyrrole nitrogens is 1. The van der Waals surface area contributed by atoms with E-state index in [4.69, 9.17) is 5.73 Å². The third-order valence-corrected chi connectivity index (χ3v) is 3.93. The number of rotatable bonds is 2. The molecule has 0 aliphatic heterocycles. The lowest BCUT2D eigenvalue weighted by Gasteiger charge is -2.17. The number of carbonyl (C=O) groups excluding carboxylic acids is 1. The molecule has 0 atom stereocenters. The molecule has 1 aromatic heterocycles. The molecular weight excluding hydrogens is 252 g/mol. The second-order valence-corrected chi connectivity index (χ2v) is 5.31. The number of benzene rings is 1. The van der Waals surface area contributed by atoms with E-state index in [0.717, 1.165) is 36.5 Å². The SMILES string of the molecule is Nc1[nH]c(N=NC(=O)C2CCCCC2)c2ccccc12. The van der Waals surface area contributed by atoms with Gasteiger partial charge in [0.25, 0.3) is 5.91 Å². The molecule has 5 nitrogen and oxygen atoms in total. The lowest BCUT2D eigenvalue weighted by molar-refractivity contribution is -0.122. The molecule has 1 aliphatic carbocycles. The number of anilines is 1. The van der Waals surface area contributed by atoms with E-state index in [9.17, 15) is 4.79 Å². The second-order valence-electron chi connectivity index (χ2n) is 5.31. The van der Waals surface area contributed by atoms with Gasteiger partial charge >= 0.3 is 0 Å². The maximum Gasteiger partial charge on any atom is 0.267 e. The predicted molar refractivity (Wildman–Crippen MR) is 78.8 cm³/mol. The minimum Gasteiger partial charge on any atom is -0.385 e. The molecule has 2 aromatic rings. The van der Waals surface area contributed by atoms with E-state index < -0.39 is 0 Å². The van der Waals surface area contributed by atoms with Crippen LogP contribution in [0.5, 0.6) is 0 Å². The largest absolute Gasteiger partial charge is 0.385 e. The Kier molecular flexibility index (Phi) is 3.50. The van der Waals surface area contributed by atoms with Crippen LogP contribution in [0.25, 0.3) is 10.8 Å². The molecule has 1 amide bonds. The number of aromatic amines is 1. The van der Waals surface area contributed by atoms with Crippen LogP contribution in [-0.2, 0) is 4.79 Å². The van der Waals surface area contributed by atoms with Crippen LogP contribution < -0.4 is 5.73 Å². The molecule has 5 heteroatoms. The zero-order valence-corrected chi connectivity index (χ0v) is 11.3. The molecule has 104 valence electrons. The van der Waals surface area contributed by atoms with Gasteiger partial charge in [-0.1, -0.05) is 43.5 Å². The normalized spacial score (nSPS) is 17.0. The topological polar surface area (TPSA) is 83.6 Å². The highest BCUT2D eigenvalue weighted by molar-refractivity contribution is 5.99. The van der Waals surface area contributed by atoms with Crippen molar-refractivity contribution in [1.29, 1.82) is 0 Å². The first-order valence-corrected chi connectivity index (χ1v) is 7.07. The van der Waals surface area contributed by atoms with Crippen LogP contribution in [0.1, 0.15) is 32.1 Å². The summed E-state index contributed by atoms with van der Waals surface area (Å²) in [5.74, 6) is 1.05. The number of nitrogens with one attached hydrogen (secondary N) is 1. The number of nitrogen functional groups attached to an aromatic ring is 1. The molecule has 0 bridgehead atoms. The van der Waals surface area contributed by atoms with E-state index in [1.807, 2.05) is 24.3 Å². The Bertz CT molecular complexity index is 653. The minimum absolute atomic E-state index is 0.0473. The Morgan fingerprint density at radius 2 is 1.85 bits per heavy atom. The molecule has 0 spiro atoms. The van der Waals surface area contributed by atoms with Crippen LogP contribution in [0.2, 0.25) is 0 Å². The number of nitrogens with two attached hydrogens (primary N) is 1. The molecule has 1 saturated carbocycles. The fourth-order valence-corrected chi connectivity index (χ4v) is 2.80. The van der Waals surface area contributed by atoms with Crippen LogP contribution in [0.4, 0.5) is 11.6 Å². The van der Waals surface area contributed by atoms with Gasteiger partial charge in [-0.15, -0.1) is 10.2 Å². The molecule has 1 fully saturated rings. The number of hydrogen-bond donors (Lipinski definition) is 2. The smallest absolute Gasteiger partial charge is 0.267 e. The Labute approximate surface area is 117 Å². The van der Waals surface area contributed by atoms with Crippen molar-refractivity contribution in [2.75, 3.05) is 5.73 Å². The van der Waals surface area contributed by atoms with Crippen molar-refractivity contribution in [3.8, 4) is 0 Å². The minimum atomic E-state index is -0.109. The number of azo groups is 1. The van der Waals surface area contributed by atoms with Gasteiger partial charge in [0.15, 0.2) is 5.82 Å². The molecule has 3 rings (SSSR count). The molecule has 0 radical (unpaired) electrons. The van der Waals surface area contributed by atoms with Crippen molar-refractivity contribution in [3.63, 3.8) is 0 Å². The van der Waals surface area contributed by atoms with Gasteiger partial charge in [0.05, 0.1) is 0 Å². The first-order valence-electron chi connectivity index (χ1n) is 7.07. The number of amides is 1. The fraction of sp³-hybridized carbons (Fsp3) is 0.400. The molecule has 1 aliphatic rings. The number of carbonyl (C=O) groups is 1. The van der Waals surface area contributed by atoms with Crippen molar-refractivity contribution in [1.82, 2.24) is 4.98 Å². The summed E-state index contributed by atoms with van der Waals surface area (Å²) in [5.41, 5.74) is 5.88. The molecule has 3 N–H and O–H groups in total. The van der Waals surface area contributed by atoms with Crippen LogP contribution >= 0.6 is 0 Å². The fourth-order valence-electron chi connectivity index (χ4n) is 2.80. The Balaban J connectivity index is 1.82. The molecule has 1 heterocycles. The number of hydrogen-bond acceptors (Lipinski definition) is 3. The third-order valence-electron chi connectivity index (χ3n) is 3.93. The van der Waals surface area contributed by atoms with Gasteiger partial charge in [-0.25, -0.2) is 0 Å². The van der Waals surface area contributed by atoms with Gasteiger partial charge in [0.1, 0.15) is 5.82 Å². The lowest BCUT2D eigenvalue weighted by Crippen LogP contribution is -2.15. The second kappa shape index (κ2) is 5.45. The van der Waals surface area contributed by atoms with E-state index in [0.29, 0.717) is 11.6 Å². The first kappa shape index (κ1) is 12.8. The molecule has 0 saturated heterocycles. The van der Waals surface area contributed by atoms with Crippen LogP contribution in [-0.4, -0.2) is 10.9 Å². The maximum atomic E-state index is 12.0. The highest BCUT2D eigenvalue weighted by Gasteiger charge is 2.21. The van der Waals surface area contributed by atoms with Crippen LogP contribution in [0.15, 0.2) is 34.5 Å². The summed E-state index contributed by atoms with van der Waals surface area (Å²) in [6.07, 6.45) is 5.32. The van der Waals surface area contributed by atoms with Crippen LogP contribution in [0, 0.1) is 5.92 Å². The summed E-state index contributed by atoms with van der Waals surface area (Å²) in [4.78, 5) is 15.0. The van der Waals surface area contributed by atoms with E-state index >= 15 is 0 Å². The zero-order chi connectivity index (χ0) is 13.9. The van der Waals surface area contributed by atoms with Gasteiger partial charge in [0, 0.05) is 16.7 Å². The van der Waals surface area contributed by atoms with Gasteiger partial charge < -0.3 is 10.7 Å². The lowest BCUT2D eigenvalue weighted by atomic mass is 9.89. The van der Waals surface area contributed by atoms with Gasteiger partial charge in [0.2, 0.25) is 0 Å². The Hall–Kier alpha value is -2.17. The number of nitrogens with zero attached hydrogens (tertiary/aromatic N) is 2. The average molecular weight is 270 g/mol. The quantitative estimate of drug-likeness (QED) is 0.810. The zero-order valence-electron chi connectivity index (χ0n) is 11.3. The van der Waals surface area contributed by atoms with Crippen molar-refractivity contribution in [3.05, 3.63) is 24.3 Å². The van der Waals surface area contributed by atoms with E-state index in [1.165, 1.54) is 6.42 Å². The van der Waals surface area contributed by atoms with Crippen molar-refractivity contribution in [2.24, 2.45) is 16.1 Å². The third kappa shape index (κ3) is 2.43. The molecular formula is C15H18N4O. The van der Waals surface area contributed by atoms with Gasteiger partial charge in [-0.2, -0.15) is 0 Å². The summed E-state index contributed by atoms with van der Waals surface area (Å²) in [7, 11) is 0. The van der Waals surface area contributed by atoms with Crippen molar-refractivity contribution in [2.45, 2.75) is 32.1 Å². The summed E-state index contributed by atoms with van der Waals surface area (Å²) in [6.45, 7) is 0. The monoisotopic (exact) mass is 270 g/mol. The molecule has 1 aromatic carbocycles. The molecule has 0 unspecified atom stereocenters. The molecule has 20 heavy (non-hydrogen) atoms. The standard InChI is InChI=1S/C15H18N4O/c16-13-11-8-4-5-9-12(11)14(17-13)18-19-15(20)10-6-2-1-3-7-10/h4-5,8-10,17H,1-3,6-7,16H2. The van der Waals surface area contributed by atoms with Crippen molar-refractivity contribution >= 4 is 28.3 Å². The maximum absolute atomic E-state index is 12.0. The van der Waals surface area contributed by atoms with E-state index in [1.54, 1.807) is 0 Å². The predicted octanol–water partition coefficient (Wildman–Crippen LogP) is 3.94. The van der Waals surface area contributed by atoms with E-state index in [2.05, 4.69) is 15.2 Å². The van der Waals surface area contributed by atoms with Gasteiger partial charge in [-0.05, 0) is 12.8 Å². The summed E-state index contributed by atoms with van der Waals surface area (Å²) in [5, 5.41) is 9.75. The highest BCUT2D eigenvalue weighted by Crippen LogP contribution is 2.31. The first-order chi connectivity index (χ1) is 9.75. The van der Waals surface area contributed by atoms with Crippen LogP contribution in [0.3, 0.4) is 0 Å².